The van der Waals surface area contributed by atoms with Gasteiger partial charge in [-0.2, -0.15) is 0 Å². The van der Waals surface area contributed by atoms with Gasteiger partial charge in [0.15, 0.2) is 0 Å². The van der Waals surface area contributed by atoms with Crippen molar-refractivity contribution >= 4 is 5.91 Å². The third-order valence-electron chi connectivity index (χ3n) is 4.16. The number of rotatable bonds is 2. The van der Waals surface area contributed by atoms with Crippen LogP contribution >= 0.6 is 0 Å². The molecule has 2 rings (SSSR count). The van der Waals surface area contributed by atoms with Gasteiger partial charge >= 0.3 is 0 Å². The smallest absolute Gasteiger partial charge is 0.239 e. The monoisotopic (exact) mass is 240 g/mol. The lowest BCUT2D eigenvalue weighted by molar-refractivity contribution is -0.135. The summed E-state index contributed by atoms with van der Waals surface area (Å²) in [6, 6.07) is 0.491. The molecule has 1 saturated heterocycles. The molecule has 17 heavy (non-hydrogen) atoms. The first-order chi connectivity index (χ1) is 8.24. The molecule has 2 fully saturated rings. The molecule has 1 aliphatic heterocycles. The van der Waals surface area contributed by atoms with E-state index in [4.69, 9.17) is 0 Å². The molecule has 0 aromatic rings. The second-order valence-electron chi connectivity index (χ2n) is 5.39. The molecule has 1 aliphatic carbocycles. The summed E-state index contributed by atoms with van der Waals surface area (Å²) < 4.78 is 0. The van der Waals surface area contributed by atoms with E-state index < -0.39 is 0 Å². The van der Waals surface area contributed by atoms with E-state index in [1.165, 1.54) is 38.5 Å². The van der Waals surface area contributed by atoms with Crippen LogP contribution in [0.2, 0.25) is 0 Å². The molecule has 2 unspecified atom stereocenters. The topological polar surface area (TPSA) is 52.6 Å². The van der Waals surface area contributed by atoms with Crippen LogP contribution in [0, 0.1) is 0 Å². The van der Waals surface area contributed by atoms with Crippen molar-refractivity contribution in [1.82, 2.24) is 10.2 Å². The number of carbonyl (C=O) groups is 1. The van der Waals surface area contributed by atoms with Gasteiger partial charge in [-0.1, -0.05) is 25.7 Å². The molecule has 4 heteroatoms. The fourth-order valence-electron chi connectivity index (χ4n) is 3.26. The Bertz CT molecular complexity index is 262. The molecule has 2 atom stereocenters. The van der Waals surface area contributed by atoms with E-state index in [0.29, 0.717) is 18.6 Å². The summed E-state index contributed by atoms with van der Waals surface area (Å²) in [5.41, 5.74) is 0. The third-order valence-corrected chi connectivity index (χ3v) is 4.16. The molecule has 0 aromatic heterocycles. The van der Waals surface area contributed by atoms with Crippen LogP contribution in [-0.2, 0) is 4.79 Å². The van der Waals surface area contributed by atoms with Crippen molar-refractivity contribution in [2.45, 2.75) is 63.6 Å². The lowest BCUT2D eigenvalue weighted by Gasteiger charge is -2.44. The average Bonchev–Trinajstić information content (AvgIpc) is 2.60. The number of amides is 1. The first-order valence-electron chi connectivity index (χ1n) is 6.90. The molecule has 98 valence electrons. The largest absolute Gasteiger partial charge is 0.394 e. The molecule has 0 radical (unpaired) electrons. The first-order valence-corrected chi connectivity index (χ1v) is 6.90. The minimum absolute atomic E-state index is 0.00477. The van der Waals surface area contributed by atoms with Crippen molar-refractivity contribution in [2.75, 3.05) is 13.2 Å². The standard InChI is InChI=1S/C13H24N2O2/c1-10-8-14-13(17)12(9-16)15(10)11-6-4-2-3-5-7-11/h10-12,16H,2-9H2,1H3,(H,14,17). The molecule has 0 spiro atoms. The highest BCUT2D eigenvalue weighted by atomic mass is 16.3. The van der Waals surface area contributed by atoms with Gasteiger partial charge in [0.05, 0.1) is 6.61 Å². The highest BCUT2D eigenvalue weighted by Gasteiger charge is 2.37. The van der Waals surface area contributed by atoms with Gasteiger partial charge in [0, 0.05) is 18.6 Å². The number of piperazine rings is 1. The maximum absolute atomic E-state index is 11.8. The normalized spacial score (nSPS) is 33.2. The van der Waals surface area contributed by atoms with E-state index in [1.54, 1.807) is 0 Å². The van der Waals surface area contributed by atoms with Gasteiger partial charge in [-0.05, 0) is 19.8 Å². The van der Waals surface area contributed by atoms with Gasteiger partial charge < -0.3 is 10.4 Å². The SMILES string of the molecule is CC1CNC(=O)C(CO)N1C1CCCCCC1. The van der Waals surface area contributed by atoms with Gasteiger partial charge in [0.2, 0.25) is 5.91 Å². The molecule has 0 aromatic carbocycles. The van der Waals surface area contributed by atoms with Crippen LogP contribution in [0.25, 0.3) is 0 Å². The number of nitrogens with zero attached hydrogens (tertiary/aromatic N) is 1. The van der Waals surface area contributed by atoms with Gasteiger partial charge in [-0.3, -0.25) is 9.69 Å². The van der Waals surface area contributed by atoms with E-state index in [9.17, 15) is 9.90 Å². The van der Waals surface area contributed by atoms with E-state index in [2.05, 4.69) is 17.1 Å². The number of hydrogen-bond acceptors (Lipinski definition) is 3. The molecule has 4 nitrogen and oxygen atoms in total. The van der Waals surface area contributed by atoms with Crippen LogP contribution in [0.3, 0.4) is 0 Å². The predicted octanol–water partition coefficient (Wildman–Crippen LogP) is 0.890. The number of aliphatic hydroxyl groups excluding tert-OH is 1. The highest BCUT2D eigenvalue weighted by Crippen LogP contribution is 2.26. The van der Waals surface area contributed by atoms with E-state index in [1.807, 2.05) is 0 Å². The Morgan fingerprint density at radius 3 is 2.53 bits per heavy atom. The van der Waals surface area contributed by atoms with Crippen LogP contribution < -0.4 is 5.32 Å². The van der Waals surface area contributed by atoms with Crippen molar-refractivity contribution in [3.8, 4) is 0 Å². The summed E-state index contributed by atoms with van der Waals surface area (Å²) in [5, 5.41) is 12.3. The molecule has 1 amide bonds. The Hall–Kier alpha value is -0.610. The Balaban J connectivity index is 2.10. The van der Waals surface area contributed by atoms with E-state index >= 15 is 0 Å². The Morgan fingerprint density at radius 1 is 1.29 bits per heavy atom. The van der Waals surface area contributed by atoms with Crippen LogP contribution in [0.4, 0.5) is 0 Å². The second-order valence-corrected chi connectivity index (χ2v) is 5.39. The summed E-state index contributed by atoms with van der Waals surface area (Å²) >= 11 is 0. The molecule has 1 heterocycles. The molecular weight excluding hydrogens is 216 g/mol. The second kappa shape index (κ2) is 5.83. The van der Waals surface area contributed by atoms with Crippen LogP contribution in [-0.4, -0.2) is 47.2 Å². The fraction of sp³-hybridized carbons (Fsp3) is 0.923. The fourth-order valence-corrected chi connectivity index (χ4v) is 3.26. The zero-order valence-corrected chi connectivity index (χ0v) is 10.7. The number of hydrogen-bond donors (Lipinski definition) is 2. The first kappa shape index (κ1) is 12.8. The van der Waals surface area contributed by atoms with Crippen LogP contribution in [0.1, 0.15) is 45.4 Å². The van der Waals surface area contributed by atoms with Crippen molar-refractivity contribution in [3.63, 3.8) is 0 Å². The zero-order chi connectivity index (χ0) is 12.3. The van der Waals surface area contributed by atoms with Crippen molar-refractivity contribution in [3.05, 3.63) is 0 Å². The lowest BCUT2D eigenvalue weighted by Crippen LogP contribution is -2.63. The summed E-state index contributed by atoms with van der Waals surface area (Å²) in [5.74, 6) is -0.00477. The van der Waals surface area contributed by atoms with Crippen LogP contribution in [0.15, 0.2) is 0 Å². The van der Waals surface area contributed by atoms with Crippen LogP contribution in [0.5, 0.6) is 0 Å². The summed E-state index contributed by atoms with van der Waals surface area (Å²) in [6.07, 6.45) is 7.49. The highest BCUT2D eigenvalue weighted by molar-refractivity contribution is 5.82. The quantitative estimate of drug-likeness (QED) is 0.705. The molecule has 2 N–H and O–H groups in total. The molecular formula is C13H24N2O2. The Morgan fingerprint density at radius 2 is 1.94 bits per heavy atom. The minimum Gasteiger partial charge on any atom is -0.394 e. The minimum atomic E-state index is -0.332. The molecule has 1 saturated carbocycles. The average molecular weight is 240 g/mol. The van der Waals surface area contributed by atoms with Gasteiger partial charge in [0.1, 0.15) is 6.04 Å². The maximum atomic E-state index is 11.8. The summed E-state index contributed by atoms with van der Waals surface area (Å²) in [7, 11) is 0. The number of carbonyl (C=O) groups excluding carboxylic acids is 1. The van der Waals surface area contributed by atoms with Crippen molar-refractivity contribution in [2.24, 2.45) is 0 Å². The molecule has 0 bridgehead atoms. The maximum Gasteiger partial charge on any atom is 0.239 e. The third kappa shape index (κ3) is 2.80. The number of nitrogens with one attached hydrogen (secondary N) is 1. The Kier molecular flexibility index (Phi) is 4.40. The molecule has 2 aliphatic rings. The Labute approximate surface area is 103 Å². The zero-order valence-electron chi connectivity index (χ0n) is 10.7. The van der Waals surface area contributed by atoms with E-state index in [0.717, 1.165) is 0 Å². The van der Waals surface area contributed by atoms with E-state index in [-0.39, 0.29) is 18.6 Å². The van der Waals surface area contributed by atoms with Crippen molar-refractivity contribution < 1.29 is 9.90 Å². The van der Waals surface area contributed by atoms with Gasteiger partial charge in [0.25, 0.3) is 0 Å². The summed E-state index contributed by atoms with van der Waals surface area (Å²) in [6.45, 7) is 2.80. The van der Waals surface area contributed by atoms with Gasteiger partial charge in [-0.25, -0.2) is 0 Å². The predicted molar refractivity (Wildman–Crippen MR) is 66.7 cm³/mol. The summed E-state index contributed by atoms with van der Waals surface area (Å²) in [4.78, 5) is 14.1. The van der Waals surface area contributed by atoms with Gasteiger partial charge in [-0.15, -0.1) is 0 Å². The van der Waals surface area contributed by atoms with Crippen molar-refractivity contribution in [1.29, 1.82) is 0 Å². The number of aliphatic hydroxyl groups is 1. The lowest BCUT2D eigenvalue weighted by atomic mass is 9.99.